The van der Waals surface area contributed by atoms with Gasteiger partial charge in [-0.15, -0.1) is 0 Å². The third-order valence-electron chi connectivity index (χ3n) is 5.11. The molecule has 0 aliphatic carbocycles. The molecule has 0 radical (unpaired) electrons. The molecule has 1 aromatic heterocycles. The normalized spacial score (nSPS) is 24.1. The van der Waals surface area contributed by atoms with Crippen LogP contribution < -0.4 is 0 Å². The number of pyridine rings is 1. The number of benzene rings is 1. The van der Waals surface area contributed by atoms with Gasteiger partial charge in [0.15, 0.2) is 0 Å². The van der Waals surface area contributed by atoms with Gasteiger partial charge in [0, 0.05) is 38.3 Å². The summed E-state index contributed by atoms with van der Waals surface area (Å²) < 4.78 is 0. The predicted molar refractivity (Wildman–Crippen MR) is 86.9 cm³/mol. The molecule has 0 spiro atoms. The van der Waals surface area contributed by atoms with E-state index in [9.17, 15) is 9.59 Å². The molecule has 0 bridgehead atoms. The summed E-state index contributed by atoms with van der Waals surface area (Å²) in [4.78, 5) is 32.9. The minimum Gasteiger partial charge on any atom is -0.345 e. The molecule has 3 heterocycles. The summed E-state index contributed by atoms with van der Waals surface area (Å²) in [6, 6.07) is 9.72. The first-order valence-corrected chi connectivity index (χ1v) is 8.02. The Morgan fingerprint density at radius 3 is 2.83 bits per heavy atom. The first-order valence-electron chi connectivity index (χ1n) is 8.02. The van der Waals surface area contributed by atoms with E-state index in [0.717, 1.165) is 23.7 Å². The maximum absolute atomic E-state index is 12.8. The summed E-state index contributed by atoms with van der Waals surface area (Å²) in [6.45, 7) is 1.97. The number of fused-ring (bicyclic) bond motifs is 2. The molecule has 1 aromatic carbocycles. The van der Waals surface area contributed by atoms with E-state index in [4.69, 9.17) is 0 Å². The Hall–Kier alpha value is -2.43. The second-order valence-corrected chi connectivity index (χ2v) is 6.54. The summed E-state index contributed by atoms with van der Waals surface area (Å²) in [6.07, 6.45) is 2.71. The summed E-state index contributed by atoms with van der Waals surface area (Å²) in [5, 5.41) is 2.04. The van der Waals surface area contributed by atoms with Crippen LogP contribution in [-0.2, 0) is 4.79 Å². The van der Waals surface area contributed by atoms with Gasteiger partial charge in [0.25, 0.3) is 5.91 Å². The number of carbonyl (C=O) groups excluding carboxylic acids is 2. The monoisotopic (exact) mass is 309 g/mol. The Morgan fingerprint density at radius 1 is 1.22 bits per heavy atom. The van der Waals surface area contributed by atoms with Gasteiger partial charge >= 0.3 is 0 Å². The Morgan fingerprint density at radius 2 is 2.00 bits per heavy atom. The number of rotatable bonds is 1. The molecule has 2 atom stereocenters. The van der Waals surface area contributed by atoms with Crippen LogP contribution in [0, 0.1) is 11.8 Å². The quantitative estimate of drug-likeness (QED) is 0.807. The van der Waals surface area contributed by atoms with Crippen molar-refractivity contribution >= 4 is 22.6 Å². The third-order valence-corrected chi connectivity index (χ3v) is 5.11. The van der Waals surface area contributed by atoms with E-state index in [-0.39, 0.29) is 17.7 Å². The summed E-state index contributed by atoms with van der Waals surface area (Å²) in [5.41, 5.74) is 0.461. The first kappa shape index (κ1) is 14.2. The zero-order chi connectivity index (χ0) is 16.0. The molecule has 23 heavy (non-hydrogen) atoms. The van der Waals surface area contributed by atoms with Crippen LogP contribution in [0.3, 0.4) is 0 Å². The molecule has 4 rings (SSSR count). The van der Waals surface area contributed by atoms with Gasteiger partial charge in [-0.25, -0.2) is 0 Å². The SMILES string of the molecule is CN1CC[C@@H]2CN(C(=O)c3cc4ccccc4cn3)C[C@@H]2C1=O. The highest BCUT2D eigenvalue weighted by Crippen LogP contribution is 2.32. The summed E-state index contributed by atoms with van der Waals surface area (Å²) in [7, 11) is 1.84. The van der Waals surface area contributed by atoms with E-state index in [2.05, 4.69) is 4.98 Å². The van der Waals surface area contributed by atoms with E-state index in [1.165, 1.54) is 0 Å². The number of aromatic nitrogens is 1. The summed E-state index contributed by atoms with van der Waals surface area (Å²) >= 11 is 0. The van der Waals surface area contributed by atoms with Crippen molar-refractivity contribution in [1.82, 2.24) is 14.8 Å². The Labute approximate surface area is 134 Å². The number of hydrogen-bond donors (Lipinski definition) is 0. The van der Waals surface area contributed by atoms with Gasteiger partial charge in [-0.3, -0.25) is 14.6 Å². The van der Waals surface area contributed by atoms with Crippen LogP contribution in [0.1, 0.15) is 16.9 Å². The third kappa shape index (κ3) is 2.36. The zero-order valence-corrected chi connectivity index (χ0v) is 13.1. The molecular formula is C18H19N3O2. The van der Waals surface area contributed by atoms with Crippen molar-refractivity contribution in [2.45, 2.75) is 6.42 Å². The smallest absolute Gasteiger partial charge is 0.272 e. The molecule has 2 aliphatic heterocycles. The van der Waals surface area contributed by atoms with Crippen LogP contribution in [-0.4, -0.2) is 53.3 Å². The van der Waals surface area contributed by atoms with Crippen LogP contribution in [0.5, 0.6) is 0 Å². The Kier molecular flexibility index (Phi) is 3.29. The maximum atomic E-state index is 12.8. The van der Waals surface area contributed by atoms with Crippen molar-refractivity contribution in [2.75, 3.05) is 26.7 Å². The number of nitrogens with zero attached hydrogens (tertiary/aromatic N) is 3. The van der Waals surface area contributed by atoms with Gasteiger partial charge in [0.2, 0.25) is 5.91 Å². The van der Waals surface area contributed by atoms with Crippen molar-refractivity contribution in [3.63, 3.8) is 0 Å². The molecule has 0 saturated carbocycles. The average molecular weight is 309 g/mol. The van der Waals surface area contributed by atoms with Crippen LogP contribution >= 0.6 is 0 Å². The second kappa shape index (κ2) is 5.33. The largest absolute Gasteiger partial charge is 0.345 e. The van der Waals surface area contributed by atoms with Crippen molar-refractivity contribution in [3.05, 3.63) is 42.2 Å². The van der Waals surface area contributed by atoms with Gasteiger partial charge in [-0.2, -0.15) is 0 Å². The van der Waals surface area contributed by atoms with E-state index in [1.807, 2.05) is 37.4 Å². The lowest BCUT2D eigenvalue weighted by atomic mass is 9.88. The lowest BCUT2D eigenvalue weighted by Crippen LogP contribution is -2.42. The van der Waals surface area contributed by atoms with Crippen LogP contribution in [0.25, 0.3) is 10.8 Å². The number of hydrogen-bond acceptors (Lipinski definition) is 3. The van der Waals surface area contributed by atoms with Gasteiger partial charge in [0.1, 0.15) is 5.69 Å². The molecule has 2 aliphatic rings. The molecule has 0 unspecified atom stereocenters. The standard InChI is InChI=1S/C18H19N3O2/c1-20-7-6-14-10-21(11-15(14)17(20)22)18(23)16-8-12-4-2-3-5-13(12)9-19-16/h2-5,8-9,14-15H,6-7,10-11H2,1H3/t14-,15+/m1/s1. The van der Waals surface area contributed by atoms with Crippen LogP contribution in [0.4, 0.5) is 0 Å². The van der Waals surface area contributed by atoms with Gasteiger partial charge < -0.3 is 9.80 Å². The molecule has 0 N–H and O–H groups in total. The highest BCUT2D eigenvalue weighted by molar-refractivity contribution is 5.97. The van der Waals surface area contributed by atoms with Crippen molar-refractivity contribution < 1.29 is 9.59 Å². The highest BCUT2D eigenvalue weighted by atomic mass is 16.2. The molecular weight excluding hydrogens is 290 g/mol. The molecule has 2 fully saturated rings. The topological polar surface area (TPSA) is 53.5 Å². The van der Waals surface area contributed by atoms with E-state index in [0.29, 0.717) is 24.7 Å². The van der Waals surface area contributed by atoms with Crippen molar-refractivity contribution in [2.24, 2.45) is 11.8 Å². The molecule has 2 amide bonds. The molecule has 2 saturated heterocycles. The maximum Gasteiger partial charge on any atom is 0.272 e. The highest BCUT2D eigenvalue weighted by Gasteiger charge is 2.43. The average Bonchev–Trinajstić information content (AvgIpc) is 3.02. The first-order chi connectivity index (χ1) is 11.1. The number of likely N-dealkylation sites (tertiary alicyclic amines) is 2. The van der Waals surface area contributed by atoms with Gasteiger partial charge in [0.05, 0.1) is 5.92 Å². The lowest BCUT2D eigenvalue weighted by Gasteiger charge is -2.30. The second-order valence-electron chi connectivity index (χ2n) is 6.54. The van der Waals surface area contributed by atoms with E-state index < -0.39 is 0 Å². The lowest BCUT2D eigenvalue weighted by molar-refractivity contribution is -0.137. The van der Waals surface area contributed by atoms with Gasteiger partial charge in [-0.05, 0) is 23.8 Å². The fourth-order valence-corrected chi connectivity index (χ4v) is 3.72. The minimum atomic E-state index is -0.0689. The molecule has 5 heteroatoms. The van der Waals surface area contributed by atoms with E-state index >= 15 is 0 Å². The molecule has 118 valence electrons. The van der Waals surface area contributed by atoms with Crippen molar-refractivity contribution in [3.8, 4) is 0 Å². The van der Waals surface area contributed by atoms with Gasteiger partial charge in [-0.1, -0.05) is 24.3 Å². The number of carbonyl (C=O) groups is 2. The minimum absolute atomic E-state index is 0.0434. The fraction of sp³-hybridized carbons (Fsp3) is 0.389. The zero-order valence-electron chi connectivity index (χ0n) is 13.1. The number of amides is 2. The Balaban J connectivity index is 1.58. The fourth-order valence-electron chi connectivity index (χ4n) is 3.72. The van der Waals surface area contributed by atoms with Crippen LogP contribution in [0.2, 0.25) is 0 Å². The summed E-state index contributed by atoms with van der Waals surface area (Å²) in [5.74, 6) is 0.352. The van der Waals surface area contributed by atoms with E-state index in [1.54, 1.807) is 16.0 Å². The predicted octanol–water partition coefficient (Wildman–Crippen LogP) is 1.79. The molecule has 5 nitrogen and oxygen atoms in total. The van der Waals surface area contributed by atoms with Crippen LogP contribution in [0.15, 0.2) is 36.5 Å². The Bertz CT molecular complexity index is 789. The molecule has 2 aromatic rings. The van der Waals surface area contributed by atoms with Crippen molar-refractivity contribution in [1.29, 1.82) is 0 Å². The number of piperidine rings is 1.